The quantitative estimate of drug-likeness (QED) is 0.275. The highest BCUT2D eigenvalue weighted by Gasteiger charge is 2.23. The monoisotopic (exact) mass is 550 g/mol. The Kier molecular flexibility index (Phi) is 8.60. The van der Waals surface area contributed by atoms with E-state index >= 15 is 0 Å². The van der Waals surface area contributed by atoms with Crippen LogP contribution in [0.4, 0.5) is 5.69 Å². The molecule has 4 rings (SSSR count). The SMILES string of the molecule is CN=C(NCc1cccc(Cn2cccn2)c1)NC1CCN(c2cccc(Cl)c2)C1.I. The predicted molar refractivity (Wildman–Crippen MR) is 139 cm³/mol. The van der Waals surface area contributed by atoms with E-state index in [2.05, 4.69) is 56.0 Å². The summed E-state index contributed by atoms with van der Waals surface area (Å²) in [5, 5.41) is 12.0. The molecule has 2 heterocycles. The van der Waals surface area contributed by atoms with Crippen LogP contribution in [0.3, 0.4) is 0 Å². The van der Waals surface area contributed by atoms with E-state index < -0.39 is 0 Å². The van der Waals surface area contributed by atoms with Crippen molar-refractivity contribution in [2.75, 3.05) is 25.0 Å². The molecule has 2 aromatic carbocycles. The maximum atomic E-state index is 6.14. The van der Waals surface area contributed by atoms with Crippen molar-refractivity contribution in [3.05, 3.63) is 83.1 Å². The van der Waals surface area contributed by atoms with Crippen molar-refractivity contribution < 1.29 is 0 Å². The molecule has 1 aromatic heterocycles. The summed E-state index contributed by atoms with van der Waals surface area (Å²) in [7, 11) is 1.81. The third-order valence-electron chi connectivity index (χ3n) is 5.28. The molecule has 0 radical (unpaired) electrons. The van der Waals surface area contributed by atoms with Crippen molar-refractivity contribution in [3.63, 3.8) is 0 Å². The van der Waals surface area contributed by atoms with Crippen LogP contribution >= 0.6 is 35.6 Å². The summed E-state index contributed by atoms with van der Waals surface area (Å²) in [6.07, 6.45) is 4.84. The number of hydrogen-bond donors (Lipinski definition) is 2. The molecule has 0 amide bonds. The zero-order chi connectivity index (χ0) is 20.8. The number of nitrogens with zero attached hydrogens (tertiary/aromatic N) is 4. The van der Waals surface area contributed by atoms with Crippen molar-refractivity contribution >= 4 is 47.2 Å². The zero-order valence-corrected chi connectivity index (χ0v) is 20.6. The average Bonchev–Trinajstić information content (AvgIpc) is 3.43. The van der Waals surface area contributed by atoms with Gasteiger partial charge >= 0.3 is 0 Å². The Morgan fingerprint density at radius 2 is 2.00 bits per heavy atom. The largest absolute Gasteiger partial charge is 0.369 e. The van der Waals surface area contributed by atoms with Crippen molar-refractivity contribution in [2.45, 2.75) is 25.6 Å². The van der Waals surface area contributed by atoms with Gasteiger partial charge in [-0.1, -0.05) is 41.9 Å². The van der Waals surface area contributed by atoms with Gasteiger partial charge in [0, 0.05) is 55.8 Å². The van der Waals surface area contributed by atoms with Crippen LogP contribution < -0.4 is 15.5 Å². The standard InChI is InChI=1S/C23H27ClN6.HI/c1-25-23(28-21-9-12-29(17-21)22-8-3-7-20(24)14-22)26-15-18-5-2-6-19(13-18)16-30-11-4-10-27-30;/h2-8,10-11,13-14,21H,9,12,15-17H2,1H3,(H2,25,26,28);1H. The molecule has 1 aliphatic rings. The molecule has 1 aliphatic heterocycles. The number of benzene rings is 2. The number of rotatable bonds is 6. The molecule has 1 fully saturated rings. The van der Waals surface area contributed by atoms with E-state index in [1.54, 1.807) is 6.20 Å². The Morgan fingerprint density at radius 3 is 2.77 bits per heavy atom. The van der Waals surface area contributed by atoms with E-state index in [4.69, 9.17) is 11.6 Å². The first-order chi connectivity index (χ1) is 14.7. The number of halogens is 2. The van der Waals surface area contributed by atoms with E-state index in [0.717, 1.165) is 43.6 Å². The topological polar surface area (TPSA) is 57.5 Å². The molecule has 1 unspecified atom stereocenters. The number of aliphatic imine (C=N–C) groups is 1. The molecule has 6 nitrogen and oxygen atoms in total. The van der Waals surface area contributed by atoms with Crippen molar-refractivity contribution in [1.29, 1.82) is 0 Å². The fraction of sp³-hybridized carbons (Fsp3) is 0.304. The van der Waals surface area contributed by atoms with Gasteiger partial charge in [-0.25, -0.2) is 0 Å². The lowest BCUT2D eigenvalue weighted by molar-refractivity contribution is 0.648. The highest BCUT2D eigenvalue weighted by atomic mass is 127. The van der Waals surface area contributed by atoms with Crippen LogP contribution in [0.25, 0.3) is 0 Å². The molecule has 0 bridgehead atoms. The Balaban J connectivity index is 0.00000272. The molecule has 0 spiro atoms. The lowest BCUT2D eigenvalue weighted by Crippen LogP contribution is -2.44. The second-order valence-electron chi connectivity index (χ2n) is 7.51. The van der Waals surface area contributed by atoms with Crippen LogP contribution in [0.2, 0.25) is 5.02 Å². The third-order valence-corrected chi connectivity index (χ3v) is 5.52. The minimum Gasteiger partial charge on any atom is -0.369 e. The van der Waals surface area contributed by atoms with E-state index in [9.17, 15) is 0 Å². The number of hydrogen-bond acceptors (Lipinski definition) is 3. The van der Waals surface area contributed by atoms with Crippen LogP contribution in [0.15, 0.2) is 72.0 Å². The Bertz CT molecular complexity index is 991. The molecule has 0 aliphatic carbocycles. The summed E-state index contributed by atoms with van der Waals surface area (Å²) in [5.74, 6) is 0.824. The number of nitrogens with one attached hydrogen (secondary N) is 2. The minimum absolute atomic E-state index is 0. The Morgan fingerprint density at radius 1 is 1.16 bits per heavy atom. The number of guanidine groups is 1. The second kappa shape index (κ2) is 11.4. The van der Waals surface area contributed by atoms with Gasteiger partial charge < -0.3 is 15.5 Å². The van der Waals surface area contributed by atoms with E-state index in [1.165, 1.54) is 16.8 Å². The van der Waals surface area contributed by atoms with Gasteiger partial charge in [0.25, 0.3) is 0 Å². The lowest BCUT2D eigenvalue weighted by Gasteiger charge is -2.20. The van der Waals surface area contributed by atoms with Crippen LogP contribution in [0, 0.1) is 0 Å². The first kappa shape index (κ1) is 23.4. The van der Waals surface area contributed by atoms with Crippen LogP contribution in [-0.2, 0) is 13.1 Å². The van der Waals surface area contributed by atoms with Gasteiger partial charge in [0.05, 0.1) is 6.54 Å². The van der Waals surface area contributed by atoms with Crippen LogP contribution in [-0.4, -0.2) is 41.9 Å². The third kappa shape index (κ3) is 6.61. The highest BCUT2D eigenvalue weighted by Crippen LogP contribution is 2.23. The Labute approximate surface area is 205 Å². The number of anilines is 1. The van der Waals surface area contributed by atoms with Crippen LogP contribution in [0.5, 0.6) is 0 Å². The van der Waals surface area contributed by atoms with Crippen molar-refractivity contribution in [1.82, 2.24) is 20.4 Å². The molecular formula is C23H28ClIN6. The predicted octanol–water partition coefficient (Wildman–Crippen LogP) is 4.15. The molecule has 164 valence electrons. The van der Waals surface area contributed by atoms with E-state index in [1.807, 2.05) is 42.2 Å². The maximum absolute atomic E-state index is 6.14. The first-order valence-corrected chi connectivity index (χ1v) is 10.6. The summed E-state index contributed by atoms with van der Waals surface area (Å²) < 4.78 is 1.93. The normalized spacial score (nSPS) is 16.1. The molecular weight excluding hydrogens is 523 g/mol. The minimum atomic E-state index is 0. The van der Waals surface area contributed by atoms with Gasteiger partial charge in [0.1, 0.15) is 0 Å². The summed E-state index contributed by atoms with van der Waals surface area (Å²) in [6.45, 7) is 3.43. The summed E-state index contributed by atoms with van der Waals surface area (Å²) in [6, 6.07) is 18.9. The summed E-state index contributed by atoms with van der Waals surface area (Å²) in [4.78, 5) is 6.76. The van der Waals surface area contributed by atoms with Gasteiger partial charge in [0.2, 0.25) is 0 Å². The fourth-order valence-corrected chi connectivity index (χ4v) is 3.96. The molecule has 1 saturated heterocycles. The summed E-state index contributed by atoms with van der Waals surface area (Å²) in [5.41, 5.74) is 3.62. The van der Waals surface area contributed by atoms with Gasteiger partial charge in [-0.2, -0.15) is 5.10 Å². The van der Waals surface area contributed by atoms with Crippen LogP contribution in [0.1, 0.15) is 17.5 Å². The first-order valence-electron chi connectivity index (χ1n) is 10.2. The number of aromatic nitrogens is 2. The molecule has 8 heteroatoms. The molecule has 2 N–H and O–H groups in total. The van der Waals surface area contributed by atoms with Gasteiger partial charge in [-0.15, -0.1) is 24.0 Å². The molecule has 3 aromatic rings. The van der Waals surface area contributed by atoms with Crippen molar-refractivity contribution in [2.24, 2.45) is 4.99 Å². The fourth-order valence-electron chi connectivity index (χ4n) is 3.78. The van der Waals surface area contributed by atoms with E-state index in [0.29, 0.717) is 6.04 Å². The van der Waals surface area contributed by atoms with Crippen molar-refractivity contribution in [3.8, 4) is 0 Å². The lowest BCUT2D eigenvalue weighted by atomic mass is 10.1. The Hall–Kier alpha value is -2.26. The molecule has 0 saturated carbocycles. The highest BCUT2D eigenvalue weighted by molar-refractivity contribution is 14.0. The smallest absolute Gasteiger partial charge is 0.191 e. The second-order valence-corrected chi connectivity index (χ2v) is 7.94. The average molecular weight is 551 g/mol. The maximum Gasteiger partial charge on any atom is 0.191 e. The van der Waals surface area contributed by atoms with Gasteiger partial charge in [-0.05, 0) is 41.8 Å². The van der Waals surface area contributed by atoms with Gasteiger partial charge in [0.15, 0.2) is 5.96 Å². The molecule has 1 atom stereocenters. The summed E-state index contributed by atoms with van der Waals surface area (Å²) >= 11 is 6.14. The van der Waals surface area contributed by atoms with Gasteiger partial charge in [-0.3, -0.25) is 9.67 Å². The molecule has 31 heavy (non-hydrogen) atoms. The van der Waals surface area contributed by atoms with E-state index in [-0.39, 0.29) is 24.0 Å². The zero-order valence-electron chi connectivity index (χ0n) is 17.5.